The van der Waals surface area contributed by atoms with Crippen LogP contribution in [0.2, 0.25) is 0 Å². The van der Waals surface area contributed by atoms with Crippen LogP contribution in [0.4, 0.5) is 0 Å². The third-order valence-corrected chi connectivity index (χ3v) is 1.42. The number of nitrogens with one attached hydrogen (secondary N) is 1. The molecule has 0 heterocycles. The SMILES string of the molecule is C=CCCCNCC=C(C)C. The van der Waals surface area contributed by atoms with Crippen molar-refractivity contribution in [3.05, 3.63) is 24.3 Å². The van der Waals surface area contributed by atoms with Gasteiger partial charge in [-0.15, -0.1) is 6.58 Å². The molecule has 0 rings (SSSR count). The van der Waals surface area contributed by atoms with Crippen molar-refractivity contribution in [2.24, 2.45) is 0 Å². The van der Waals surface area contributed by atoms with E-state index in [2.05, 4.69) is 31.8 Å². The first-order valence-corrected chi connectivity index (χ1v) is 4.22. The molecule has 0 radical (unpaired) electrons. The Morgan fingerprint density at radius 1 is 1.45 bits per heavy atom. The van der Waals surface area contributed by atoms with Crippen molar-refractivity contribution >= 4 is 0 Å². The molecule has 0 aromatic carbocycles. The van der Waals surface area contributed by atoms with E-state index in [1.54, 1.807) is 0 Å². The minimum absolute atomic E-state index is 0.999. The summed E-state index contributed by atoms with van der Waals surface area (Å²) in [7, 11) is 0. The van der Waals surface area contributed by atoms with Gasteiger partial charge in [0.1, 0.15) is 0 Å². The molecule has 1 N–H and O–H groups in total. The molecule has 0 aromatic heterocycles. The third kappa shape index (κ3) is 9.44. The molecular weight excluding hydrogens is 134 g/mol. The van der Waals surface area contributed by atoms with Gasteiger partial charge in [-0.3, -0.25) is 0 Å². The molecule has 0 fully saturated rings. The molecule has 1 nitrogen and oxygen atoms in total. The van der Waals surface area contributed by atoms with Crippen LogP contribution in [0.5, 0.6) is 0 Å². The van der Waals surface area contributed by atoms with Crippen molar-refractivity contribution in [3.63, 3.8) is 0 Å². The average molecular weight is 153 g/mol. The van der Waals surface area contributed by atoms with E-state index in [0.29, 0.717) is 0 Å². The summed E-state index contributed by atoms with van der Waals surface area (Å²) in [4.78, 5) is 0. The molecular formula is C10H19N. The van der Waals surface area contributed by atoms with Gasteiger partial charge in [-0.25, -0.2) is 0 Å². The first-order chi connectivity index (χ1) is 5.27. The highest BCUT2D eigenvalue weighted by Gasteiger charge is 1.82. The molecule has 64 valence electrons. The Kier molecular flexibility index (Phi) is 7.16. The highest BCUT2D eigenvalue weighted by atomic mass is 14.8. The van der Waals surface area contributed by atoms with Gasteiger partial charge in [-0.2, -0.15) is 0 Å². The Labute approximate surface area is 70.2 Å². The maximum atomic E-state index is 3.67. The minimum atomic E-state index is 0.999. The van der Waals surface area contributed by atoms with Gasteiger partial charge in [0.25, 0.3) is 0 Å². The van der Waals surface area contributed by atoms with E-state index in [9.17, 15) is 0 Å². The van der Waals surface area contributed by atoms with Gasteiger partial charge in [-0.1, -0.05) is 17.7 Å². The van der Waals surface area contributed by atoms with Crippen LogP contribution in [0.15, 0.2) is 24.3 Å². The molecule has 0 amide bonds. The van der Waals surface area contributed by atoms with Crippen LogP contribution < -0.4 is 5.32 Å². The van der Waals surface area contributed by atoms with Gasteiger partial charge in [0, 0.05) is 6.54 Å². The monoisotopic (exact) mass is 153 g/mol. The van der Waals surface area contributed by atoms with Crippen LogP contribution in [-0.4, -0.2) is 13.1 Å². The lowest BCUT2D eigenvalue weighted by molar-refractivity contribution is 0.699. The Hall–Kier alpha value is -0.560. The van der Waals surface area contributed by atoms with Crippen molar-refractivity contribution in [2.45, 2.75) is 26.7 Å². The lowest BCUT2D eigenvalue weighted by Gasteiger charge is -1.98. The second kappa shape index (κ2) is 7.55. The van der Waals surface area contributed by atoms with Gasteiger partial charge in [0.05, 0.1) is 0 Å². The van der Waals surface area contributed by atoms with Gasteiger partial charge < -0.3 is 5.32 Å². The van der Waals surface area contributed by atoms with E-state index in [4.69, 9.17) is 0 Å². The Balaban J connectivity index is 3.02. The van der Waals surface area contributed by atoms with E-state index < -0.39 is 0 Å². The maximum absolute atomic E-state index is 3.67. The number of unbranched alkanes of at least 4 members (excludes halogenated alkanes) is 1. The van der Waals surface area contributed by atoms with Crippen LogP contribution in [0, 0.1) is 0 Å². The number of allylic oxidation sites excluding steroid dienone is 2. The van der Waals surface area contributed by atoms with E-state index in [0.717, 1.165) is 19.5 Å². The molecule has 0 spiro atoms. The Morgan fingerprint density at radius 2 is 2.18 bits per heavy atom. The largest absolute Gasteiger partial charge is 0.313 e. The first kappa shape index (κ1) is 10.4. The summed E-state index contributed by atoms with van der Waals surface area (Å²) >= 11 is 0. The summed E-state index contributed by atoms with van der Waals surface area (Å²) in [5.74, 6) is 0. The van der Waals surface area contributed by atoms with Crippen molar-refractivity contribution in [2.75, 3.05) is 13.1 Å². The molecule has 11 heavy (non-hydrogen) atoms. The van der Waals surface area contributed by atoms with Gasteiger partial charge in [0.15, 0.2) is 0 Å². The minimum Gasteiger partial charge on any atom is -0.313 e. The molecule has 0 saturated carbocycles. The predicted molar refractivity (Wildman–Crippen MR) is 51.7 cm³/mol. The summed E-state index contributed by atoms with van der Waals surface area (Å²) < 4.78 is 0. The smallest absolute Gasteiger partial charge is 0.0137 e. The van der Waals surface area contributed by atoms with E-state index in [1.807, 2.05) is 6.08 Å². The zero-order valence-corrected chi connectivity index (χ0v) is 7.69. The molecule has 0 aliphatic carbocycles. The predicted octanol–water partition coefficient (Wildman–Crippen LogP) is 2.51. The number of hydrogen-bond donors (Lipinski definition) is 1. The first-order valence-electron chi connectivity index (χ1n) is 4.22. The maximum Gasteiger partial charge on any atom is 0.0137 e. The summed E-state index contributed by atoms with van der Waals surface area (Å²) in [5.41, 5.74) is 1.38. The average Bonchev–Trinajstić information content (AvgIpc) is 1.96. The fraction of sp³-hybridized carbons (Fsp3) is 0.600. The molecule has 0 aromatic rings. The van der Waals surface area contributed by atoms with Crippen molar-refractivity contribution in [3.8, 4) is 0 Å². The fourth-order valence-corrected chi connectivity index (χ4v) is 0.750. The third-order valence-electron chi connectivity index (χ3n) is 1.42. The van der Waals surface area contributed by atoms with Crippen molar-refractivity contribution in [1.29, 1.82) is 0 Å². The second-order valence-electron chi connectivity index (χ2n) is 2.92. The zero-order valence-electron chi connectivity index (χ0n) is 7.69. The van der Waals surface area contributed by atoms with Crippen LogP contribution in [0.3, 0.4) is 0 Å². The van der Waals surface area contributed by atoms with E-state index in [-0.39, 0.29) is 0 Å². The van der Waals surface area contributed by atoms with Crippen molar-refractivity contribution < 1.29 is 0 Å². The number of hydrogen-bond acceptors (Lipinski definition) is 1. The molecule has 0 saturated heterocycles. The van der Waals surface area contributed by atoms with Crippen LogP contribution in [0.25, 0.3) is 0 Å². The molecule has 0 aliphatic rings. The van der Waals surface area contributed by atoms with Gasteiger partial charge >= 0.3 is 0 Å². The lowest BCUT2D eigenvalue weighted by atomic mass is 10.3. The quantitative estimate of drug-likeness (QED) is 0.456. The standard InChI is InChI=1S/C10H19N/c1-4-5-6-8-11-9-7-10(2)3/h4,7,11H,1,5-6,8-9H2,2-3H3. The molecule has 0 atom stereocenters. The van der Waals surface area contributed by atoms with E-state index >= 15 is 0 Å². The lowest BCUT2D eigenvalue weighted by Crippen LogP contribution is -2.14. The second-order valence-corrected chi connectivity index (χ2v) is 2.92. The highest BCUT2D eigenvalue weighted by molar-refractivity contribution is 4.94. The van der Waals surface area contributed by atoms with Crippen LogP contribution in [0.1, 0.15) is 26.7 Å². The fourth-order valence-electron chi connectivity index (χ4n) is 0.750. The van der Waals surface area contributed by atoms with E-state index in [1.165, 1.54) is 12.0 Å². The molecule has 0 unspecified atom stereocenters. The number of rotatable bonds is 6. The van der Waals surface area contributed by atoms with Crippen LogP contribution >= 0.6 is 0 Å². The summed E-state index contributed by atoms with van der Waals surface area (Å²) in [6.45, 7) is 9.99. The summed E-state index contributed by atoms with van der Waals surface area (Å²) in [6.07, 6.45) is 6.47. The van der Waals surface area contributed by atoms with Crippen molar-refractivity contribution in [1.82, 2.24) is 5.32 Å². The molecule has 1 heteroatoms. The summed E-state index contributed by atoms with van der Waals surface area (Å²) in [5, 5.41) is 3.33. The molecule has 0 aliphatic heterocycles. The Morgan fingerprint density at radius 3 is 2.73 bits per heavy atom. The van der Waals surface area contributed by atoms with Crippen LogP contribution in [-0.2, 0) is 0 Å². The zero-order chi connectivity index (χ0) is 8.53. The summed E-state index contributed by atoms with van der Waals surface area (Å²) in [6, 6.07) is 0. The molecule has 0 bridgehead atoms. The van der Waals surface area contributed by atoms with Gasteiger partial charge in [0.2, 0.25) is 0 Å². The van der Waals surface area contributed by atoms with Gasteiger partial charge in [-0.05, 0) is 33.2 Å². The highest BCUT2D eigenvalue weighted by Crippen LogP contribution is 1.88. The normalized spacial score (nSPS) is 9.27. The Bertz CT molecular complexity index is 121. The topological polar surface area (TPSA) is 12.0 Å².